The SMILES string of the molecule is O=CC(Cc1ccc(Cl)nc1)c1cccs1. The van der Waals surface area contributed by atoms with Gasteiger partial charge in [-0.05, 0) is 29.5 Å². The first-order valence-electron chi connectivity index (χ1n) is 4.88. The molecule has 82 valence electrons. The lowest BCUT2D eigenvalue weighted by molar-refractivity contribution is -0.109. The molecule has 16 heavy (non-hydrogen) atoms. The van der Waals surface area contributed by atoms with E-state index in [4.69, 9.17) is 11.6 Å². The van der Waals surface area contributed by atoms with Crippen molar-refractivity contribution in [2.75, 3.05) is 0 Å². The summed E-state index contributed by atoms with van der Waals surface area (Å²) in [5, 5.41) is 2.45. The van der Waals surface area contributed by atoms with Crippen molar-refractivity contribution in [2.45, 2.75) is 12.3 Å². The molecule has 2 heterocycles. The Morgan fingerprint density at radius 1 is 1.44 bits per heavy atom. The fraction of sp³-hybridized carbons (Fsp3) is 0.167. The van der Waals surface area contributed by atoms with Crippen LogP contribution in [0.2, 0.25) is 5.15 Å². The number of hydrogen-bond donors (Lipinski definition) is 0. The summed E-state index contributed by atoms with van der Waals surface area (Å²) in [5.74, 6) is -0.0806. The fourth-order valence-corrected chi connectivity index (χ4v) is 2.40. The summed E-state index contributed by atoms with van der Waals surface area (Å²) < 4.78 is 0. The van der Waals surface area contributed by atoms with E-state index in [0.29, 0.717) is 11.6 Å². The minimum Gasteiger partial charge on any atom is -0.303 e. The molecule has 0 saturated heterocycles. The second kappa shape index (κ2) is 5.23. The monoisotopic (exact) mass is 251 g/mol. The van der Waals surface area contributed by atoms with Crippen LogP contribution in [-0.4, -0.2) is 11.3 Å². The van der Waals surface area contributed by atoms with E-state index in [2.05, 4.69) is 4.98 Å². The first-order chi connectivity index (χ1) is 7.79. The normalized spacial score (nSPS) is 12.3. The summed E-state index contributed by atoms with van der Waals surface area (Å²) in [6.45, 7) is 0. The van der Waals surface area contributed by atoms with Crippen molar-refractivity contribution in [1.82, 2.24) is 4.98 Å². The maximum Gasteiger partial charge on any atom is 0.129 e. The van der Waals surface area contributed by atoms with Crippen molar-refractivity contribution in [2.24, 2.45) is 0 Å². The van der Waals surface area contributed by atoms with Gasteiger partial charge in [0.15, 0.2) is 0 Å². The van der Waals surface area contributed by atoms with Gasteiger partial charge in [0.2, 0.25) is 0 Å². The molecular weight excluding hydrogens is 242 g/mol. The minimum absolute atomic E-state index is 0.0806. The van der Waals surface area contributed by atoms with E-state index in [1.807, 2.05) is 23.6 Å². The number of halogens is 1. The maximum absolute atomic E-state index is 11.0. The molecule has 0 fully saturated rings. The van der Waals surface area contributed by atoms with Gasteiger partial charge in [-0.3, -0.25) is 0 Å². The number of carbonyl (C=O) groups excluding carboxylic acids is 1. The van der Waals surface area contributed by atoms with E-state index in [9.17, 15) is 4.79 Å². The second-order valence-electron chi connectivity index (χ2n) is 3.45. The quantitative estimate of drug-likeness (QED) is 0.616. The van der Waals surface area contributed by atoms with Gasteiger partial charge in [0.25, 0.3) is 0 Å². The van der Waals surface area contributed by atoms with Crippen LogP contribution in [-0.2, 0) is 11.2 Å². The van der Waals surface area contributed by atoms with Crippen LogP contribution < -0.4 is 0 Å². The van der Waals surface area contributed by atoms with Crippen LogP contribution in [0.3, 0.4) is 0 Å². The molecule has 0 bridgehead atoms. The number of carbonyl (C=O) groups is 1. The number of rotatable bonds is 4. The number of nitrogens with zero attached hydrogens (tertiary/aromatic N) is 1. The van der Waals surface area contributed by atoms with Gasteiger partial charge in [-0.15, -0.1) is 11.3 Å². The Morgan fingerprint density at radius 2 is 2.31 bits per heavy atom. The zero-order valence-corrected chi connectivity index (χ0v) is 10.0. The molecule has 0 aromatic carbocycles. The molecule has 4 heteroatoms. The molecule has 0 aliphatic heterocycles. The van der Waals surface area contributed by atoms with E-state index in [1.54, 1.807) is 23.6 Å². The molecule has 0 radical (unpaired) electrons. The summed E-state index contributed by atoms with van der Waals surface area (Å²) in [5.41, 5.74) is 1.02. The number of hydrogen-bond acceptors (Lipinski definition) is 3. The predicted octanol–water partition coefficient (Wildman–Crippen LogP) is 3.32. The van der Waals surface area contributed by atoms with Crippen molar-refractivity contribution in [3.63, 3.8) is 0 Å². The summed E-state index contributed by atoms with van der Waals surface area (Å²) in [6, 6.07) is 7.58. The van der Waals surface area contributed by atoms with Crippen molar-refractivity contribution >= 4 is 29.2 Å². The molecule has 2 nitrogen and oxygen atoms in total. The smallest absolute Gasteiger partial charge is 0.129 e. The molecule has 2 aromatic rings. The Bertz CT molecular complexity index is 452. The first-order valence-corrected chi connectivity index (χ1v) is 6.14. The van der Waals surface area contributed by atoms with E-state index >= 15 is 0 Å². The molecular formula is C12H10ClNOS. The lowest BCUT2D eigenvalue weighted by atomic mass is 10.0. The van der Waals surface area contributed by atoms with E-state index in [-0.39, 0.29) is 5.92 Å². The summed E-state index contributed by atoms with van der Waals surface area (Å²) in [6.07, 6.45) is 3.38. The molecule has 1 unspecified atom stereocenters. The van der Waals surface area contributed by atoms with Gasteiger partial charge in [-0.1, -0.05) is 23.7 Å². The Morgan fingerprint density at radius 3 is 2.88 bits per heavy atom. The molecule has 2 aromatic heterocycles. The highest BCUT2D eigenvalue weighted by atomic mass is 35.5. The molecule has 0 spiro atoms. The predicted molar refractivity (Wildman–Crippen MR) is 66.1 cm³/mol. The largest absolute Gasteiger partial charge is 0.303 e. The average Bonchev–Trinajstić information content (AvgIpc) is 2.82. The zero-order chi connectivity index (χ0) is 11.4. The second-order valence-corrected chi connectivity index (χ2v) is 4.82. The Balaban J connectivity index is 2.13. The number of aromatic nitrogens is 1. The third kappa shape index (κ3) is 2.68. The fourth-order valence-electron chi connectivity index (χ4n) is 1.50. The lowest BCUT2D eigenvalue weighted by Crippen LogP contribution is -2.02. The summed E-state index contributed by atoms with van der Waals surface area (Å²) in [4.78, 5) is 16.1. The number of pyridine rings is 1. The van der Waals surface area contributed by atoms with Crippen LogP contribution in [0, 0.1) is 0 Å². The van der Waals surface area contributed by atoms with Crippen molar-refractivity contribution in [3.05, 3.63) is 51.4 Å². The Labute approximate surface area is 103 Å². The van der Waals surface area contributed by atoms with Crippen LogP contribution in [0.4, 0.5) is 0 Å². The molecule has 0 aliphatic rings. The van der Waals surface area contributed by atoms with Crippen LogP contribution >= 0.6 is 22.9 Å². The van der Waals surface area contributed by atoms with Crippen LogP contribution in [0.1, 0.15) is 16.4 Å². The highest BCUT2D eigenvalue weighted by molar-refractivity contribution is 7.10. The molecule has 0 N–H and O–H groups in total. The number of thiophene rings is 1. The van der Waals surface area contributed by atoms with Crippen molar-refractivity contribution in [1.29, 1.82) is 0 Å². The number of aldehydes is 1. The molecule has 0 aliphatic carbocycles. The Hall–Kier alpha value is -1.19. The molecule has 1 atom stereocenters. The van der Waals surface area contributed by atoms with Gasteiger partial charge in [-0.25, -0.2) is 4.98 Å². The third-order valence-corrected chi connectivity index (χ3v) is 3.54. The lowest BCUT2D eigenvalue weighted by Gasteiger charge is -2.07. The molecule has 0 saturated carbocycles. The Kier molecular flexibility index (Phi) is 3.70. The van der Waals surface area contributed by atoms with Crippen molar-refractivity contribution in [3.8, 4) is 0 Å². The van der Waals surface area contributed by atoms with Gasteiger partial charge < -0.3 is 4.79 Å². The highest BCUT2D eigenvalue weighted by Crippen LogP contribution is 2.23. The van der Waals surface area contributed by atoms with Gasteiger partial charge in [0.05, 0.1) is 5.92 Å². The first kappa shape index (κ1) is 11.3. The van der Waals surface area contributed by atoms with Gasteiger partial charge in [0.1, 0.15) is 11.4 Å². The van der Waals surface area contributed by atoms with Crippen LogP contribution in [0.25, 0.3) is 0 Å². The van der Waals surface area contributed by atoms with Crippen LogP contribution in [0.15, 0.2) is 35.8 Å². The zero-order valence-electron chi connectivity index (χ0n) is 8.47. The van der Waals surface area contributed by atoms with E-state index < -0.39 is 0 Å². The summed E-state index contributed by atoms with van der Waals surface area (Å²) in [7, 11) is 0. The minimum atomic E-state index is -0.0806. The van der Waals surface area contributed by atoms with E-state index in [0.717, 1.165) is 16.7 Å². The summed E-state index contributed by atoms with van der Waals surface area (Å²) >= 11 is 7.30. The average molecular weight is 252 g/mol. The standard InChI is InChI=1S/C12H10ClNOS/c13-12-4-3-9(7-14-12)6-10(8-15)11-2-1-5-16-11/h1-5,7-8,10H,6H2. The van der Waals surface area contributed by atoms with Gasteiger partial charge >= 0.3 is 0 Å². The topological polar surface area (TPSA) is 30.0 Å². The van der Waals surface area contributed by atoms with Gasteiger partial charge in [-0.2, -0.15) is 0 Å². The van der Waals surface area contributed by atoms with Crippen LogP contribution in [0.5, 0.6) is 0 Å². The van der Waals surface area contributed by atoms with E-state index in [1.165, 1.54) is 0 Å². The molecule has 2 rings (SSSR count). The van der Waals surface area contributed by atoms with Gasteiger partial charge in [0, 0.05) is 11.1 Å². The third-order valence-electron chi connectivity index (χ3n) is 2.32. The maximum atomic E-state index is 11.0. The van der Waals surface area contributed by atoms with Crippen molar-refractivity contribution < 1.29 is 4.79 Å². The highest BCUT2D eigenvalue weighted by Gasteiger charge is 2.12. The molecule has 0 amide bonds.